The fraction of sp³-hybridized carbons (Fsp3) is 0.125. The molecule has 0 spiro atoms. The molecule has 0 unspecified atom stereocenters. The van der Waals surface area contributed by atoms with Crippen LogP contribution in [0.3, 0.4) is 0 Å². The Bertz CT molecular complexity index is 1640. The van der Waals surface area contributed by atoms with Crippen LogP contribution in [0.1, 0.15) is 29.1 Å². The molecule has 1 saturated heterocycles. The number of aromatic nitrogens is 1. The predicted molar refractivity (Wildman–Crippen MR) is 161 cm³/mol. The van der Waals surface area contributed by atoms with Gasteiger partial charge >= 0.3 is 0 Å². The molecule has 3 heterocycles. The fourth-order valence-electron chi connectivity index (χ4n) is 4.79. The summed E-state index contributed by atoms with van der Waals surface area (Å²) in [5, 5.41) is 4.75. The number of benzene rings is 3. The molecule has 0 aliphatic carbocycles. The van der Waals surface area contributed by atoms with Gasteiger partial charge in [-0.1, -0.05) is 29.8 Å². The number of furan rings is 1. The van der Waals surface area contributed by atoms with Gasteiger partial charge in [-0.15, -0.1) is 0 Å². The minimum Gasteiger partial charge on any atom is -0.497 e. The Morgan fingerprint density at radius 1 is 0.900 bits per heavy atom. The second-order valence-corrected chi connectivity index (χ2v) is 10.2. The lowest BCUT2D eigenvalue weighted by atomic mass is 10.0. The molecule has 2 aromatic heterocycles. The van der Waals surface area contributed by atoms with Gasteiger partial charge in [0.15, 0.2) is 5.11 Å². The van der Waals surface area contributed by atoms with Crippen molar-refractivity contribution in [1.29, 1.82) is 0 Å². The third kappa shape index (κ3) is 5.13. The van der Waals surface area contributed by atoms with Crippen LogP contribution in [0, 0.1) is 6.92 Å². The third-order valence-corrected chi connectivity index (χ3v) is 7.60. The van der Waals surface area contributed by atoms with Crippen LogP contribution in [0.25, 0.3) is 11.3 Å². The summed E-state index contributed by atoms with van der Waals surface area (Å²) in [7, 11) is 1.64. The molecule has 0 amide bonds. The van der Waals surface area contributed by atoms with Gasteiger partial charge in [0, 0.05) is 22.5 Å². The Hall–Kier alpha value is -4.33. The third-order valence-electron chi connectivity index (χ3n) is 6.88. The molecule has 1 aliphatic rings. The first-order chi connectivity index (χ1) is 19.5. The first-order valence-corrected chi connectivity index (χ1v) is 13.6. The Labute approximate surface area is 243 Å². The lowest BCUT2D eigenvalue weighted by molar-refractivity contribution is 0.413. The monoisotopic (exact) mass is 567 g/mol. The highest BCUT2D eigenvalue weighted by Crippen LogP contribution is 2.43. The maximum absolute atomic E-state index is 6.46. The highest BCUT2D eigenvalue weighted by molar-refractivity contribution is 7.80. The fourth-order valence-corrected chi connectivity index (χ4v) is 5.32. The molecule has 5 aromatic rings. The standard InChI is InChI=1S/C32H26ClN3O3S/c1-20-6-7-21(19-26(20)33)28-16-17-29(39-28)31-30(27-5-3-4-18-34-27)35-32(40)36(31)22-8-10-24(11-9-22)38-25-14-12-23(37-2)13-15-25/h3-19,30-31H,1-2H3,(H,35,40)/t30-,31-/m0/s1. The quantitative estimate of drug-likeness (QED) is 0.198. The van der Waals surface area contributed by atoms with E-state index in [1.165, 1.54) is 0 Å². The largest absolute Gasteiger partial charge is 0.497 e. The van der Waals surface area contributed by atoms with Crippen molar-refractivity contribution in [2.75, 3.05) is 12.0 Å². The number of nitrogens with one attached hydrogen (secondary N) is 1. The van der Waals surface area contributed by atoms with Crippen molar-refractivity contribution in [3.8, 4) is 28.6 Å². The van der Waals surface area contributed by atoms with Crippen LogP contribution < -0.4 is 19.7 Å². The number of nitrogens with zero attached hydrogens (tertiary/aromatic N) is 2. The summed E-state index contributed by atoms with van der Waals surface area (Å²) < 4.78 is 17.7. The Kier molecular flexibility index (Phi) is 7.15. The van der Waals surface area contributed by atoms with Gasteiger partial charge in [0.05, 0.1) is 18.8 Å². The lowest BCUT2D eigenvalue weighted by Gasteiger charge is -2.26. The van der Waals surface area contributed by atoms with Gasteiger partial charge in [-0.25, -0.2) is 0 Å². The van der Waals surface area contributed by atoms with Crippen molar-refractivity contribution in [3.05, 3.63) is 125 Å². The SMILES string of the molecule is COc1ccc(Oc2ccc(N3C(=S)N[C@@H](c4ccccn4)[C@@H]3c3ccc(-c4ccc(C)c(Cl)c4)o3)cc2)cc1. The average Bonchev–Trinajstić information content (AvgIpc) is 3.60. The van der Waals surface area contributed by atoms with E-state index in [0.717, 1.165) is 45.5 Å². The second-order valence-electron chi connectivity index (χ2n) is 9.43. The zero-order valence-electron chi connectivity index (χ0n) is 21.9. The summed E-state index contributed by atoms with van der Waals surface area (Å²) >= 11 is 12.3. The van der Waals surface area contributed by atoms with Gasteiger partial charge in [0.1, 0.15) is 34.8 Å². The van der Waals surface area contributed by atoms with Crippen molar-refractivity contribution in [2.45, 2.75) is 19.0 Å². The number of hydrogen-bond donors (Lipinski definition) is 1. The molecule has 2 atom stereocenters. The maximum atomic E-state index is 6.46. The number of methoxy groups -OCH3 is 1. The van der Waals surface area contributed by atoms with Gasteiger partial charge < -0.3 is 24.1 Å². The number of pyridine rings is 1. The van der Waals surface area contributed by atoms with Crippen LogP contribution in [-0.2, 0) is 0 Å². The zero-order chi connectivity index (χ0) is 27.6. The lowest BCUT2D eigenvalue weighted by Crippen LogP contribution is -2.29. The van der Waals surface area contributed by atoms with Gasteiger partial charge in [-0.3, -0.25) is 4.98 Å². The number of hydrogen-bond acceptors (Lipinski definition) is 5. The van der Waals surface area contributed by atoms with Crippen LogP contribution in [0.15, 0.2) is 108 Å². The number of thiocarbonyl (C=S) groups is 1. The van der Waals surface area contributed by atoms with Crippen molar-refractivity contribution in [3.63, 3.8) is 0 Å². The molecule has 200 valence electrons. The van der Waals surface area contributed by atoms with Crippen LogP contribution in [0.2, 0.25) is 5.02 Å². The number of rotatable bonds is 7. The van der Waals surface area contributed by atoms with Gasteiger partial charge in [-0.05, 0) is 104 Å². The Morgan fingerprint density at radius 3 is 2.30 bits per heavy atom. The molecule has 6 rings (SSSR count). The normalized spacial score (nSPS) is 16.6. The molecule has 8 heteroatoms. The Morgan fingerprint density at radius 2 is 1.62 bits per heavy atom. The van der Waals surface area contributed by atoms with E-state index in [1.807, 2.05) is 104 Å². The van der Waals surface area contributed by atoms with Gasteiger partial charge in [-0.2, -0.15) is 0 Å². The van der Waals surface area contributed by atoms with Crippen LogP contribution in [-0.4, -0.2) is 17.2 Å². The molecule has 1 fully saturated rings. The minimum absolute atomic E-state index is 0.218. The van der Waals surface area contributed by atoms with Gasteiger partial charge in [0.2, 0.25) is 0 Å². The van der Waals surface area contributed by atoms with E-state index in [1.54, 1.807) is 13.3 Å². The first kappa shape index (κ1) is 25.9. The van der Waals surface area contributed by atoms with E-state index >= 15 is 0 Å². The van der Waals surface area contributed by atoms with Crippen LogP contribution in [0.5, 0.6) is 17.2 Å². The summed E-state index contributed by atoms with van der Waals surface area (Å²) in [4.78, 5) is 6.69. The number of ether oxygens (including phenoxy) is 2. The molecule has 40 heavy (non-hydrogen) atoms. The van der Waals surface area contributed by atoms with E-state index in [0.29, 0.717) is 15.9 Å². The molecule has 0 bridgehead atoms. The maximum Gasteiger partial charge on any atom is 0.174 e. The van der Waals surface area contributed by atoms with Crippen LogP contribution >= 0.6 is 23.8 Å². The molecule has 0 saturated carbocycles. The summed E-state index contributed by atoms with van der Waals surface area (Å²) in [5.74, 6) is 3.70. The van der Waals surface area contributed by atoms with Crippen molar-refractivity contribution in [1.82, 2.24) is 10.3 Å². The van der Waals surface area contributed by atoms with E-state index in [-0.39, 0.29) is 12.1 Å². The van der Waals surface area contributed by atoms with Crippen LogP contribution in [0.4, 0.5) is 5.69 Å². The number of halogens is 1. The van der Waals surface area contributed by atoms with E-state index < -0.39 is 0 Å². The number of anilines is 1. The Balaban J connectivity index is 1.33. The zero-order valence-corrected chi connectivity index (χ0v) is 23.4. The first-order valence-electron chi connectivity index (χ1n) is 12.8. The van der Waals surface area contributed by atoms with E-state index in [2.05, 4.69) is 15.2 Å². The average molecular weight is 568 g/mol. The summed E-state index contributed by atoms with van der Waals surface area (Å²) in [5.41, 5.74) is 3.70. The topological polar surface area (TPSA) is 59.8 Å². The number of aryl methyl sites for hydroxylation is 1. The highest BCUT2D eigenvalue weighted by atomic mass is 35.5. The summed E-state index contributed by atoms with van der Waals surface area (Å²) in [6.45, 7) is 1.98. The molecule has 3 aromatic carbocycles. The molecule has 0 radical (unpaired) electrons. The van der Waals surface area contributed by atoms with Crippen molar-refractivity contribution in [2.24, 2.45) is 0 Å². The molecule has 6 nitrogen and oxygen atoms in total. The highest BCUT2D eigenvalue weighted by Gasteiger charge is 2.42. The van der Waals surface area contributed by atoms with Crippen molar-refractivity contribution < 1.29 is 13.9 Å². The van der Waals surface area contributed by atoms with E-state index in [9.17, 15) is 0 Å². The molecule has 1 aliphatic heterocycles. The second kappa shape index (κ2) is 11.0. The predicted octanol–water partition coefficient (Wildman–Crippen LogP) is 8.28. The molecular weight excluding hydrogens is 542 g/mol. The molecular formula is C32H26ClN3O3S. The summed E-state index contributed by atoms with van der Waals surface area (Å²) in [6, 6.07) is 30.6. The molecule has 1 N–H and O–H groups in total. The minimum atomic E-state index is -0.273. The van der Waals surface area contributed by atoms with E-state index in [4.69, 9.17) is 37.7 Å². The van der Waals surface area contributed by atoms with Crippen molar-refractivity contribution >= 4 is 34.6 Å². The van der Waals surface area contributed by atoms with Gasteiger partial charge in [0.25, 0.3) is 0 Å². The smallest absolute Gasteiger partial charge is 0.174 e. The summed E-state index contributed by atoms with van der Waals surface area (Å²) in [6.07, 6.45) is 1.78.